The molecule has 0 atom stereocenters. The van der Waals surface area contributed by atoms with Crippen molar-refractivity contribution in [1.29, 1.82) is 0 Å². The normalized spacial score (nSPS) is 13.7. The van der Waals surface area contributed by atoms with Crippen LogP contribution in [0, 0.1) is 4.91 Å². The standard InChI is InChI=1S/C27H20BrN5O4/c28-19-14-17(25-7-8-29-37-25)13-18(15-19)26-21-3-1-2-4-22(21)27(34)33(30-26)24-16-20(5-6-23(24)31-35)32-9-11-36-12-10-32/h1-8,13-16H,9-12H2. The smallest absolute Gasteiger partial charge is 0.279 e. The number of nitroso groups, excluding NO2 is 1. The molecular formula is C27H20BrN5O4. The Kier molecular flexibility index (Phi) is 6.11. The Balaban J connectivity index is 1.59. The lowest BCUT2D eigenvalue weighted by molar-refractivity contribution is 0.122. The van der Waals surface area contributed by atoms with Crippen LogP contribution in [-0.2, 0) is 4.74 Å². The molecule has 0 saturated carbocycles. The molecule has 1 saturated heterocycles. The number of anilines is 1. The van der Waals surface area contributed by atoms with E-state index in [1.807, 2.05) is 42.5 Å². The van der Waals surface area contributed by atoms with Gasteiger partial charge in [0.25, 0.3) is 5.56 Å². The van der Waals surface area contributed by atoms with Crippen LogP contribution in [0.15, 0.2) is 91.9 Å². The van der Waals surface area contributed by atoms with Crippen LogP contribution < -0.4 is 10.5 Å². The van der Waals surface area contributed by atoms with E-state index in [0.717, 1.165) is 21.3 Å². The fraction of sp³-hybridized carbons (Fsp3) is 0.148. The number of benzene rings is 3. The lowest BCUT2D eigenvalue weighted by Crippen LogP contribution is -2.36. The van der Waals surface area contributed by atoms with Gasteiger partial charge >= 0.3 is 0 Å². The van der Waals surface area contributed by atoms with Gasteiger partial charge in [0.1, 0.15) is 11.4 Å². The molecule has 6 rings (SSSR count). The van der Waals surface area contributed by atoms with Gasteiger partial charge in [-0.05, 0) is 47.6 Å². The number of fused-ring (bicyclic) bond motifs is 1. The van der Waals surface area contributed by atoms with Gasteiger partial charge in [-0.15, -0.1) is 4.91 Å². The molecule has 0 amide bonds. The molecule has 5 aromatic rings. The summed E-state index contributed by atoms with van der Waals surface area (Å²) >= 11 is 3.58. The van der Waals surface area contributed by atoms with E-state index in [2.05, 4.69) is 31.2 Å². The van der Waals surface area contributed by atoms with Crippen molar-refractivity contribution in [1.82, 2.24) is 14.9 Å². The molecule has 0 unspecified atom stereocenters. The number of rotatable bonds is 5. The maximum absolute atomic E-state index is 13.7. The molecule has 3 heterocycles. The molecule has 3 aromatic carbocycles. The first kappa shape index (κ1) is 23.3. The molecular weight excluding hydrogens is 538 g/mol. The predicted molar refractivity (Wildman–Crippen MR) is 144 cm³/mol. The van der Waals surface area contributed by atoms with Gasteiger partial charge in [0.15, 0.2) is 5.76 Å². The summed E-state index contributed by atoms with van der Waals surface area (Å²) in [5.74, 6) is 0.603. The second kappa shape index (κ2) is 9.72. The Morgan fingerprint density at radius 1 is 0.919 bits per heavy atom. The summed E-state index contributed by atoms with van der Waals surface area (Å²) in [6.45, 7) is 2.64. The Morgan fingerprint density at radius 2 is 1.70 bits per heavy atom. The van der Waals surface area contributed by atoms with Crippen LogP contribution in [0.1, 0.15) is 0 Å². The van der Waals surface area contributed by atoms with Crippen LogP contribution in [-0.4, -0.2) is 41.2 Å². The minimum atomic E-state index is -0.339. The number of ether oxygens (including phenoxy) is 1. The number of halogens is 1. The summed E-state index contributed by atoms with van der Waals surface area (Å²) in [5.41, 5.74) is 3.11. The Morgan fingerprint density at radius 3 is 2.46 bits per heavy atom. The van der Waals surface area contributed by atoms with E-state index in [1.165, 1.54) is 4.68 Å². The van der Waals surface area contributed by atoms with Gasteiger partial charge < -0.3 is 14.2 Å². The van der Waals surface area contributed by atoms with Crippen molar-refractivity contribution in [3.05, 3.63) is 92.7 Å². The molecule has 10 heteroatoms. The largest absolute Gasteiger partial charge is 0.378 e. The van der Waals surface area contributed by atoms with E-state index in [4.69, 9.17) is 14.4 Å². The highest BCUT2D eigenvalue weighted by molar-refractivity contribution is 9.10. The van der Waals surface area contributed by atoms with Gasteiger partial charge in [-0.3, -0.25) is 4.79 Å². The van der Waals surface area contributed by atoms with Gasteiger partial charge in [0, 0.05) is 45.8 Å². The van der Waals surface area contributed by atoms with Gasteiger partial charge in [-0.2, -0.15) is 9.78 Å². The molecule has 0 N–H and O–H groups in total. The zero-order valence-electron chi connectivity index (χ0n) is 19.5. The summed E-state index contributed by atoms with van der Waals surface area (Å²) in [5, 5.41) is 13.0. The Bertz CT molecular complexity index is 1680. The Hall–Kier alpha value is -4.15. The quantitative estimate of drug-likeness (QED) is 0.255. The van der Waals surface area contributed by atoms with E-state index in [0.29, 0.717) is 54.2 Å². The maximum Gasteiger partial charge on any atom is 0.279 e. The summed E-state index contributed by atoms with van der Waals surface area (Å²) in [6.07, 6.45) is 1.58. The number of hydrogen-bond acceptors (Lipinski definition) is 8. The molecule has 0 spiro atoms. The highest BCUT2D eigenvalue weighted by Gasteiger charge is 2.19. The first-order chi connectivity index (χ1) is 18.1. The van der Waals surface area contributed by atoms with Crippen LogP contribution >= 0.6 is 15.9 Å². The van der Waals surface area contributed by atoms with Gasteiger partial charge in [0.2, 0.25) is 0 Å². The molecule has 1 aliphatic heterocycles. The average molecular weight is 558 g/mol. The SMILES string of the molecule is O=Nc1ccc(N2CCOCC2)cc1-n1nc(-c2cc(Br)cc(-c3ccno3)c2)c2ccccc2c1=O. The number of hydrogen-bond donors (Lipinski definition) is 0. The fourth-order valence-electron chi connectivity index (χ4n) is 4.58. The summed E-state index contributed by atoms with van der Waals surface area (Å²) in [6, 6.07) is 20.1. The third kappa shape index (κ3) is 4.34. The minimum absolute atomic E-state index is 0.129. The highest BCUT2D eigenvalue weighted by Crippen LogP contribution is 2.34. The molecule has 2 aromatic heterocycles. The monoisotopic (exact) mass is 557 g/mol. The summed E-state index contributed by atoms with van der Waals surface area (Å²) < 4.78 is 12.9. The first-order valence-electron chi connectivity index (χ1n) is 11.7. The zero-order chi connectivity index (χ0) is 25.4. The van der Waals surface area contributed by atoms with E-state index >= 15 is 0 Å². The third-order valence-corrected chi connectivity index (χ3v) is 6.82. The fourth-order valence-corrected chi connectivity index (χ4v) is 5.07. The molecule has 37 heavy (non-hydrogen) atoms. The van der Waals surface area contributed by atoms with Crippen molar-refractivity contribution >= 4 is 38.1 Å². The lowest BCUT2D eigenvalue weighted by atomic mass is 10.0. The molecule has 9 nitrogen and oxygen atoms in total. The van der Waals surface area contributed by atoms with Gasteiger partial charge in [-0.25, -0.2) is 0 Å². The van der Waals surface area contributed by atoms with E-state index in [1.54, 1.807) is 30.5 Å². The van der Waals surface area contributed by atoms with E-state index in [-0.39, 0.29) is 11.2 Å². The number of morpholine rings is 1. The third-order valence-electron chi connectivity index (χ3n) is 6.36. The summed E-state index contributed by atoms with van der Waals surface area (Å²) in [4.78, 5) is 27.6. The average Bonchev–Trinajstić information content (AvgIpc) is 3.49. The zero-order valence-corrected chi connectivity index (χ0v) is 21.1. The van der Waals surface area contributed by atoms with Crippen LogP contribution in [0.4, 0.5) is 11.4 Å². The van der Waals surface area contributed by atoms with Crippen LogP contribution in [0.25, 0.3) is 39.0 Å². The molecule has 0 bridgehead atoms. The van der Waals surface area contributed by atoms with E-state index in [9.17, 15) is 9.70 Å². The Labute approximate surface area is 219 Å². The second-order valence-corrected chi connectivity index (χ2v) is 9.50. The van der Waals surface area contributed by atoms with Crippen molar-refractivity contribution in [3.8, 4) is 28.3 Å². The van der Waals surface area contributed by atoms with Crippen molar-refractivity contribution in [2.45, 2.75) is 0 Å². The van der Waals surface area contributed by atoms with Crippen molar-refractivity contribution in [2.75, 3.05) is 31.2 Å². The number of aromatic nitrogens is 3. The van der Waals surface area contributed by atoms with E-state index < -0.39 is 0 Å². The molecule has 1 aliphatic rings. The summed E-state index contributed by atoms with van der Waals surface area (Å²) in [7, 11) is 0. The maximum atomic E-state index is 13.7. The minimum Gasteiger partial charge on any atom is -0.378 e. The topological polar surface area (TPSA) is 103 Å². The van der Waals surface area contributed by atoms with Crippen molar-refractivity contribution < 1.29 is 9.26 Å². The molecule has 1 fully saturated rings. The van der Waals surface area contributed by atoms with Crippen molar-refractivity contribution in [3.63, 3.8) is 0 Å². The first-order valence-corrected chi connectivity index (χ1v) is 12.5. The van der Waals surface area contributed by atoms with Gasteiger partial charge in [0.05, 0.1) is 30.5 Å². The molecule has 184 valence electrons. The van der Waals surface area contributed by atoms with Crippen LogP contribution in [0.5, 0.6) is 0 Å². The van der Waals surface area contributed by atoms with Gasteiger partial charge in [-0.1, -0.05) is 39.3 Å². The highest BCUT2D eigenvalue weighted by atomic mass is 79.9. The predicted octanol–water partition coefficient (Wildman–Crippen LogP) is 5.70. The van der Waals surface area contributed by atoms with Crippen LogP contribution in [0.3, 0.4) is 0 Å². The van der Waals surface area contributed by atoms with Crippen LogP contribution in [0.2, 0.25) is 0 Å². The lowest BCUT2D eigenvalue weighted by Gasteiger charge is -2.29. The molecule has 0 aliphatic carbocycles. The van der Waals surface area contributed by atoms with Crippen molar-refractivity contribution in [2.24, 2.45) is 5.18 Å². The molecule has 0 radical (unpaired) electrons. The number of nitrogens with zero attached hydrogens (tertiary/aromatic N) is 5. The second-order valence-electron chi connectivity index (χ2n) is 8.58.